The van der Waals surface area contributed by atoms with Crippen LogP contribution in [0.5, 0.6) is 0 Å². The van der Waals surface area contributed by atoms with Gasteiger partial charge in [0.25, 0.3) is 0 Å². The Morgan fingerprint density at radius 2 is 1.65 bits per heavy atom. The van der Waals surface area contributed by atoms with Gasteiger partial charge in [-0.15, -0.1) is 0 Å². The van der Waals surface area contributed by atoms with E-state index in [1.807, 2.05) is 6.55 Å². The minimum absolute atomic E-state index is 0.278. The lowest BCUT2D eigenvalue weighted by Crippen LogP contribution is -2.49. The first-order chi connectivity index (χ1) is 8.01. The predicted octanol–water partition coefficient (Wildman–Crippen LogP) is 0.569. The molecule has 0 amide bonds. The molecular formula is C11H12O5Si. The monoisotopic (exact) mass is 252 g/mol. The number of rotatable bonds is 3. The van der Waals surface area contributed by atoms with E-state index in [1.165, 1.54) is 0 Å². The van der Waals surface area contributed by atoms with Gasteiger partial charge in [-0.25, -0.2) is 9.59 Å². The second-order valence-electron chi connectivity index (χ2n) is 3.79. The molecule has 0 aliphatic carbocycles. The molecule has 0 unspecified atom stereocenters. The first-order valence-corrected chi connectivity index (χ1v) is 7.35. The zero-order chi connectivity index (χ0) is 12.6. The highest BCUT2D eigenvalue weighted by molar-refractivity contribution is 6.80. The lowest BCUT2D eigenvalue weighted by atomic mass is 10.1. The standard InChI is InChI=1S/C11H12O5Si/c1-14-17(3,15-2)7-4-5-8-9(6-7)11(13)16-10(8)12/h4-6H,1-3H3. The Balaban J connectivity index is 2.51. The molecule has 5 nitrogen and oxygen atoms in total. The first-order valence-electron chi connectivity index (χ1n) is 5.03. The van der Waals surface area contributed by atoms with E-state index in [9.17, 15) is 9.59 Å². The van der Waals surface area contributed by atoms with Crippen LogP contribution in [0.15, 0.2) is 18.2 Å². The summed E-state index contributed by atoms with van der Waals surface area (Å²) in [6.07, 6.45) is 0. The summed E-state index contributed by atoms with van der Waals surface area (Å²) in [6.45, 7) is 1.86. The van der Waals surface area contributed by atoms with Gasteiger partial charge in [0, 0.05) is 14.2 Å². The lowest BCUT2D eigenvalue weighted by Gasteiger charge is -2.23. The Bertz CT molecular complexity index is 493. The molecule has 1 aromatic carbocycles. The molecule has 6 heteroatoms. The number of carbonyl (C=O) groups is 2. The van der Waals surface area contributed by atoms with Crippen molar-refractivity contribution >= 4 is 25.7 Å². The second-order valence-corrected chi connectivity index (χ2v) is 7.08. The fourth-order valence-corrected chi connectivity index (χ4v) is 3.12. The van der Waals surface area contributed by atoms with E-state index in [1.54, 1.807) is 32.4 Å². The minimum Gasteiger partial charge on any atom is -0.394 e. The average Bonchev–Trinajstić information content (AvgIpc) is 2.64. The number of cyclic esters (lactones) is 2. The van der Waals surface area contributed by atoms with E-state index >= 15 is 0 Å². The Labute approximate surface area is 99.5 Å². The molecule has 1 aliphatic heterocycles. The van der Waals surface area contributed by atoms with Crippen molar-refractivity contribution in [3.8, 4) is 0 Å². The Kier molecular flexibility index (Phi) is 2.86. The average molecular weight is 252 g/mol. The van der Waals surface area contributed by atoms with Crippen LogP contribution in [0.3, 0.4) is 0 Å². The fraction of sp³-hybridized carbons (Fsp3) is 0.273. The van der Waals surface area contributed by atoms with Gasteiger partial charge >= 0.3 is 20.5 Å². The molecule has 1 heterocycles. The van der Waals surface area contributed by atoms with Gasteiger partial charge in [-0.1, -0.05) is 6.07 Å². The maximum Gasteiger partial charge on any atom is 0.368 e. The van der Waals surface area contributed by atoms with Crippen molar-refractivity contribution in [3.63, 3.8) is 0 Å². The predicted molar refractivity (Wildman–Crippen MR) is 61.5 cm³/mol. The van der Waals surface area contributed by atoms with Gasteiger partial charge in [0.1, 0.15) is 0 Å². The maximum absolute atomic E-state index is 11.4. The van der Waals surface area contributed by atoms with Gasteiger partial charge in [-0.3, -0.25) is 0 Å². The topological polar surface area (TPSA) is 61.8 Å². The van der Waals surface area contributed by atoms with Crippen molar-refractivity contribution in [1.82, 2.24) is 0 Å². The molecule has 0 atom stereocenters. The van der Waals surface area contributed by atoms with Gasteiger partial charge in [0.05, 0.1) is 11.1 Å². The van der Waals surface area contributed by atoms with E-state index in [2.05, 4.69) is 4.74 Å². The smallest absolute Gasteiger partial charge is 0.368 e. The van der Waals surface area contributed by atoms with Crippen LogP contribution >= 0.6 is 0 Å². The molecule has 17 heavy (non-hydrogen) atoms. The Morgan fingerprint density at radius 3 is 2.24 bits per heavy atom. The molecule has 2 rings (SSSR count). The first kappa shape index (κ1) is 12.0. The second kappa shape index (κ2) is 4.06. The highest BCUT2D eigenvalue weighted by atomic mass is 28.4. The quantitative estimate of drug-likeness (QED) is 0.447. The molecular weight excluding hydrogens is 240 g/mol. The zero-order valence-electron chi connectivity index (χ0n) is 9.77. The van der Waals surface area contributed by atoms with E-state index in [4.69, 9.17) is 8.85 Å². The molecule has 1 aliphatic rings. The summed E-state index contributed by atoms with van der Waals surface area (Å²) in [5.74, 6) is -1.22. The number of benzene rings is 1. The summed E-state index contributed by atoms with van der Waals surface area (Å²) >= 11 is 0. The minimum atomic E-state index is -2.49. The van der Waals surface area contributed by atoms with Gasteiger partial charge in [0.15, 0.2) is 0 Å². The van der Waals surface area contributed by atoms with Crippen LogP contribution in [0.2, 0.25) is 6.55 Å². The molecule has 0 fully saturated rings. The molecule has 0 spiro atoms. The number of ether oxygens (including phenoxy) is 1. The van der Waals surface area contributed by atoms with Crippen molar-refractivity contribution in [2.24, 2.45) is 0 Å². The molecule has 0 saturated heterocycles. The number of hydrogen-bond donors (Lipinski definition) is 0. The van der Waals surface area contributed by atoms with Crippen molar-refractivity contribution in [2.45, 2.75) is 6.55 Å². The summed E-state index contributed by atoms with van der Waals surface area (Å²) in [5, 5.41) is 0.785. The molecule has 0 N–H and O–H groups in total. The summed E-state index contributed by atoms with van der Waals surface area (Å²) < 4.78 is 15.3. The SMILES string of the molecule is CO[Si](C)(OC)c1ccc2c(c1)C(=O)OC2=O. The summed E-state index contributed by atoms with van der Waals surface area (Å²) in [4.78, 5) is 22.7. The van der Waals surface area contributed by atoms with E-state index in [0.717, 1.165) is 5.19 Å². The highest BCUT2D eigenvalue weighted by Crippen LogP contribution is 2.19. The Hall–Kier alpha value is -1.50. The molecule has 0 radical (unpaired) electrons. The maximum atomic E-state index is 11.4. The third kappa shape index (κ3) is 1.80. The van der Waals surface area contributed by atoms with Crippen LogP contribution in [-0.2, 0) is 13.6 Å². The molecule has 0 aromatic heterocycles. The number of fused-ring (bicyclic) bond motifs is 1. The Morgan fingerprint density at radius 1 is 1.06 bits per heavy atom. The van der Waals surface area contributed by atoms with Crippen molar-refractivity contribution in [3.05, 3.63) is 29.3 Å². The molecule has 1 aromatic rings. The van der Waals surface area contributed by atoms with Gasteiger partial charge in [-0.2, -0.15) is 0 Å². The summed E-state index contributed by atoms with van der Waals surface area (Å²) in [7, 11) is 0.637. The number of esters is 2. The lowest BCUT2D eigenvalue weighted by molar-refractivity contribution is 0.0444. The number of carbonyl (C=O) groups excluding carboxylic acids is 2. The highest BCUT2D eigenvalue weighted by Gasteiger charge is 2.36. The third-order valence-electron chi connectivity index (χ3n) is 2.95. The molecule has 0 saturated carbocycles. The summed E-state index contributed by atoms with van der Waals surface area (Å²) in [5.41, 5.74) is 0.572. The van der Waals surface area contributed by atoms with Gasteiger partial charge in [0.2, 0.25) is 0 Å². The van der Waals surface area contributed by atoms with Crippen LogP contribution in [-0.4, -0.2) is 34.7 Å². The van der Waals surface area contributed by atoms with Gasteiger partial charge in [-0.05, 0) is 23.9 Å². The van der Waals surface area contributed by atoms with Crippen LogP contribution in [0.25, 0.3) is 0 Å². The molecule has 90 valence electrons. The van der Waals surface area contributed by atoms with E-state index < -0.39 is 20.5 Å². The fourth-order valence-electron chi connectivity index (χ4n) is 1.69. The van der Waals surface area contributed by atoms with Crippen LogP contribution in [0.4, 0.5) is 0 Å². The zero-order valence-corrected chi connectivity index (χ0v) is 10.8. The van der Waals surface area contributed by atoms with Crippen molar-refractivity contribution in [2.75, 3.05) is 14.2 Å². The largest absolute Gasteiger partial charge is 0.394 e. The normalized spacial score (nSPS) is 14.8. The van der Waals surface area contributed by atoms with E-state index in [-0.39, 0.29) is 5.56 Å². The number of hydrogen-bond acceptors (Lipinski definition) is 5. The van der Waals surface area contributed by atoms with Crippen LogP contribution in [0.1, 0.15) is 20.7 Å². The van der Waals surface area contributed by atoms with Gasteiger partial charge < -0.3 is 13.6 Å². The van der Waals surface area contributed by atoms with Crippen molar-refractivity contribution in [1.29, 1.82) is 0 Å². The third-order valence-corrected chi connectivity index (χ3v) is 5.87. The van der Waals surface area contributed by atoms with E-state index in [0.29, 0.717) is 5.56 Å². The van der Waals surface area contributed by atoms with Crippen molar-refractivity contribution < 1.29 is 23.2 Å². The molecule has 0 bridgehead atoms. The summed E-state index contributed by atoms with van der Waals surface area (Å²) in [6, 6.07) is 4.92. The van der Waals surface area contributed by atoms with Crippen LogP contribution < -0.4 is 5.19 Å². The van der Waals surface area contributed by atoms with Crippen LogP contribution in [0, 0.1) is 0 Å².